The molecule has 0 saturated heterocycles. The summed E-state index contributed by atoms with van der Waals surface area (Å²) in [6.07, 6.45) is 1.28. The molecule has 0 amide bonds. The second-order valence-corrected chi connectivity index (χ2v) is 7.05. The van der Waals surface area contributed by atoms with Crippen molar-refractivity contribution in [3.05, 3.63) is 24.4 Å². The largest absolute Gasteiger partial charge is 0.441 e. The summed E-state index contributed by atoms with van der Waals surface area (Å²) in [4.78, 5) is 2.75. The number of H-pyrrole nitrogens is 1. The molecule has 0 fully saturated rings. The lowest BCUT2D eigenvalue weighted by Gasteiger charge is -2.07. The van der Waals surface area contributed by atoms with Crippen LogP contribution in [0.5, 0.6) is 0 Å². The van der Waals surface area contributed by atoms with E-state index in [2.05, 4.69) is 9.71 Å². The Morgan fingerprint density at radius 3 is 2.71 bits per heavy atom. The number of benzene rings is 1. The third-order valence-electron chi connectivity index (χ3n) is 2.62. The second-order valence-electron chi connectivity index (χ2n) is 4.15. The number of aromatic amines is 1. The first-order valence-corrected chi connectivity index (χ1v) is 8.23. The van der Waals surface area contributed by atoms with Gasteiger partial charge in [-0.3, -0.25) is 0 Å². The Balaban J connectivity index is 2.11. The van der Waals surface area contributed by atoms with Crippen LogP contribution in [0.2, 0.25) is 0 Å². The van der Waals surface area contributed by atoms with Gasteiger partial charge in [-0.15, -0.1) is 0 Å². The van der Waals surface area contributed by atoms with Crippen LogP contribution < -0.4 is 10.5 Å². The summed E-state index contributed by atoms with van der Waals surface area (Å²) in [5.74, 6) is -0.391. The normalized spacial score (nSPS) is 12.9. The Hall–Kier alpha value is -1.39. The van der Waals surface area contributed by atoms with Gasteiger partial charge in [-0.25, -0.2) is 13.1 Å². The number of fused-ring (bicyclic) bond motifs is 1. The molecule has 2 aromatic rings. The Morgan fingerprint density at radius 1 is 1.33 bits per heavy atom. The first-order valence-electron chi connectivity index (χ1n) is 5.76. The van der Waals surface area contributed by atoms with E-state index in [-0.39, 0.29) is 23.2 Å². The summed E-state index contributed by atoms with van der Waals surface area (Å²) in [6, 6.07) is 4.67. The predicted octanol–water partition coefficient (Wildman–Crippen LogP) is 2.28. The highest BCUT2D eigenvalue weighted by Gasteiger charge is 2.28. The lowest BCUT2D eigenvalue weighted by Crippen LogP contribution is -2.26. The van der Waals surface area contributed by atoms with Gasteiger partial charge in [0, 0.05) is 35.1 Å². The lowest BCUT2D eigenvalue weighted by molar-refractivity contribution is -0.0327. The van der Waals surface area contributed by atoms with E-state index < -0.39 is 21.3 Å². The van der Waals surface area contributed by atoms with Crippen molar-refractivity contribution in [1.82, 2.24) is 9.71 Å². The van der Waals surface area contributed by atoms with E-state index >= 15 is 0 Å². The van der Waals surface area contributed by atoms with E-state index in [4.69, 9.17) is 5.73 Å². The van der Waals surface area contributed by atoms with Crippen molar-refractivity contribution >= 4 is 38.4 Å². The maximum atomic E-state index is 12.1. The number of alkyl halides is 3. The molecule has 0 saturated carbocycles. The second kappa shape index (κ2) is 5.78. The number of rotatable bonds is 5. The molecule has 0 aliphatic carbocycles. The molecular formula is C11H12F3N3O2S2. The molecule has 0 unspecified atom stereocenters. The average Bonchev–Trinajstić information content (AvgIpc) is 2.77. The molecule has 1 aromatic heterocycles. The molecule has 0 aliphatic heterocycles. The fourth-order valence-electron chi connectivity index (χ4n) is 1.76. The Labute approximate surface area is 123 Å². The van der Waals surface area contributed by atoms with Gasteiger partial charge in [0.15, 0.2) is 0 Å². The van der Waals surface area contributed by atoms with Crippen molar-refractivity contribution in [1.29, 1.82) is 0 Å². The number of nitrogens with two attached hydrogens (primary N) is 1. The zero-order valence-electron chi connectivity index (χ0n) is 10.6. The van der Waals surface area contributed by atoms with E-state index in [1.165, 1.54) is 6.20 Å². The van der Waals surface area contributed by atoms with Crippen molar-refractivity contribution in [2.45, 2.75) is 10.4 Å². The molecule has 116 valence electrons. The van der Waals surface area contributed by atoms with Crippen LogP contribution in [0, 0.1) is 0 Å². The van der Waals surface area contributed by atoms with Gasteiger partial charge in [0.1, 0.15) is 4.90 Å². The number of thioether (sulfide) groups is 1. The minimum atomic E-state index is -4.37. The predicted molar refractivity (Wildman–Crippen MR) is 76.4 cm³/mol. The summed E-state index contributed by atoms with van der Waals surface area (Å²) in [5, 5.41) is 0.431. The van der Waals surface area contributed by atoms with E-state index in [1.54, 1.807) is 18.2 Å². The minimum absolute atomic E-state index is 0.0190. The van der Waals surface area contributed by atoms with E-state index in [1.807, 2.05) is 0 Å². The molecule has 1 aromatic carbocycles. The topological polar surface area (TPSA) is 88.0 Å². The fraction of sp³-hybridized carbons (Fsp3) is 0.273. The number of nitrogens with one attached hydrogen (secondary N) is 2. The maximum Gasteiger partial charge on any atom is 0.441 e. The highest BCUT2D eigenvalue weighted by Crippen LogP contribution is 2.29. The molecule has 1 heterocycles. The van der Waals surface area contributed by atoms with Crippen LogP contribution in [0.3, 0.4) is 0 Å². The third kappa shape index (κ3) is 4.05. The summed E-state index contributed by atoms with van der Waals surface area (Å²) in [6.45, 7) is -0.311. The molecule has 21 heavy (non-hydrogen) atoms. The zero-order chi connectivity index (χ0) is 15.7. The monoisotopic (exact) mass is 339 g/mol. The van der Waals surface area contributed by atoms with Gasteiger partial charge in [0.05, 0.1) is 0 Å². The standard InChI is InChI=1S/C11H12F3N3O2S2/c12-11(13,14)20-4-3-17-21(18,19)10-6-16-9-5-7(15)1-2-8(9)10/h1-2,5-6,16-17H,3-4,15H2. The average molecular weight is 339 g/mol. The van der Waals surface area contributed by atoms with E-state index in [0.29, 0.717) is 16.6 Å². The van der Waals surface area contributed by atoms with Crippen molar-refractivity contribution in [3.8, 4) is 0 Å². The van der Waals surface area contributed by atoms with Gasteiger partial charge in [0.25, 0.3) is 0 Å². The number of sulfonamides is 1. The minimum Gasteiger partial charge on any atom is -0.399 e. The molecule has 0 radical (unpaired) electrons. The van der Waals surface area contributed by atoms with Gasteiger partial charge in [-0.1, -0.05) is 0 Å². The van der Waals surface area contributed by atoms with Gasteiger partial charge >= 0.3 is 5.51 Å². The zero-order valence-corrected chi connectivity index (χ0v) is 12.2. The summed E-state index contributed by atoms with van der Waals surface area (Å²) in [5.41, 5.74) is 2.23. The van der Waals surface area contributed by atoms with Gasteiger partial charge in [-0.05, 0) is 30.0 Å². The van der Waals surface area contributed by atoms with Gasteiger partial charge in [0.2, 0.25) is 10.0 Å². The molecule has 2 rings (SSSR count). The van der Waals surface area contributed by atoms with Crippen LogP contribution in [0.4, 0.5) is 18.9 Å². The molecule has 0 bridgehead atoms. The molecular weight excluding hydrogens is 327 g/mol. The quantitative estimate of drug-likeness (QED) is 0.576. The van der Waals surface area contributed by atoms with Crippen molar-refractivity contribution in [3.63, 3.8) is 0 Å². The van der Waals surface area contributed by atoms with Crippen LogP contribution >= 0.6 is 11.8 Å². The fourth-order valence-corrected chi connectivity index (χ4v) is 3.53. The number of hydrogen-bond donors (Lipinski definition) is 3. The van der Waals surface area contributed by atoms with Crippen LogP contribution in [-0.2, 0) is 10.0 Å². The molecule has 4 N–H and O–H groups in total. The summed E-state index contributed by atoms with van der Waals surface area (Å²) >= 11 is -0.274. The molecule has 0 aliphatic rings. The first kappa shape index (κ1) is 16.0. The van der Waals surface area contributed by atoms with E-state index in [9.17, 15) is 21.6 Å². The SMILES string of the molecule is Nc1ccc2c(S(=O)(=O)NCCSC(F)(F)F)c[nH]c2c1. The van der Waals surface area contributed by atoms with Crippen molar-refractivity contribution in [2.75, 3.05) is 18.0 Å². The summed E-state index contributed by atoms with van der Waals surface area (Å²) in [7, 11) is -3.88. The molecule has 5 nitrogen and oxygen atoms in total. The van der Waals surface area contributed by atoms with Crippen LogP contribution in [-0.4, -0.2) is 31.2 Å². The summed E-state index contributed by atoms with van der Waals surface area (Å²) < 4.78 is 62.2. The Morgan fingerprint density at radius 2 is 2.05 bits per heavy atom. The number of hydrogen-bond acceptors (Lipinski definition) is 4. The maximum absolute atomic E-state index is 12.1. The van der Waals surface area contributed by atoms with E-state index in [0.717, 1.165) is 0 Å². The Bertz CT molecular complexity index is 741. The van der Waals surface area contributed by atoms with Crippen LogP contribution in [0.25, 0.3) is 10.9 Å². The third-order valence-corrected chi connectivity index (χ3v) is 4.85. The molecule has 0 spiro atoms. The van der Waals surface area contributed by atoms with Gasteiger partial charge < -0.3 is 10.7 Å². The number of aromatic nitrogens is 1. The van der Waals surface area contributed by atoms with Gasteiger partial charge in [-0.2, -0.15) is 13.2 Å². The number of anilines is 1. The number of halogens is 3. The number of nitrogen functional groups attached to an aromatic ring is 1. The highest BCUT2D eigenvalue weighted by molar-refractivity contribution is 8.00. The highest BCUT2D eigenvalue weighted by atomic mass is 32.2. The lowest BCUT2D eigenvalue weighted by atomic mass is 10.2. The molecule has 0 atom stereocenters. The smallest absolute Gasteiger partial charge is 0.399 e. The van der Waals surface area contributed by atoms with Crippen molar-refractivity contribution < 1.29 is 21.6 Å². The Kier molecular flexibility index (Phi) is 4.40. The molecule has 10 heteroatoms. The van der Waals surface area contributed by atoms with Crippen LogP contribution in [0.1, 0.15) is 0 Å². The van der Waals surface area contributed by atoms with Crippen LogP contribution in [0.15, 0.2) is 29.3 Å². The first-order chi connectivity index (χ1) is 9.69. The van der Waals surface area contributed by atoms with Crippen molar-refractivity contribution in [2.24, 2.45) is 0 Å².